The van der Waals surface area contributed by atoms with Gasteiger partial charge in [-0.2, -0.15) is 0 Å². The van der Waals surface area contributed by atoms with Crippen molar-refractivity contribution in [1.29, 1.82) is 0 Å². The number of carboxylic acid groups (broad SMARTS) is 1. The van der Waals surface area contributed by atoms with Crippen LogP contribution < -0.4 is 0 Å². The molecule has 4 aromatic heterocycles. The Morgan fingerprint density at radius 1 is 0.833 bits per heavy atom. The van der Waals surface area contributed by atoms with Crippen molar-refractivity contribution in [3.63, 3.8) is 0 Å². The van der Waals surface area contributed by atoms with Gasteiger partial charge in [0.05, 0.1) is 22.8 Å². The van der Waals surface area contributed by atoms with Gasteiger partial charge in [-0.25, -0.2) is 9.78 Å². The Kier molecular flexibility index (Phi) is 5.50. The van der Waals surface area contributed by atoms with Gasteiger partial charge in [0.25, 0.3) is 0 Å². The number of aryl methyl sites for hydroxylation is 2. The molecule has 5 nitrogen and oxygen atoms in total. The molecule has 148 valence electrons. The van der Waals surface area contributed by atoms with E-state index in [1.54, 1.807) is 24.5 Å². The maximum absolute atomic E-state index is 11.0. The molecule has 0 amide bonds. The molecule has 0 atom stereocenters. The molecule has 0 bridgehead atoms. The highest BCUT2D eigenvalue weighted by molar-refractivity contribution is 7.14. The molecule has 0 aliphatic rings. The SMILES string of the molecule is Cc1ccnc(-c2cc(C)cc(-c3cc(/C=C/c4ccc(C(=O)O)s4)ccn3)n2)c1. The molecule has 4 aromatic rings. The van der Waals surface area contributed by atoms with E-state index in [9.17, 15) is 4.79 Å². The van der Waals surface area contributed by atoms with Crippen LogP contribution in [0.4, 0.5) is 0 Å². The standard InChI is InChI=1S/C24H19N3O2S/c1-15-7-9-25-19(11-15)21-12-16(2)13-22(27-21)20-14-17(8-10-26-20)3-4-18-5-6-23(30-18)24(28)29/h3-14H,1-2H3,(H,28,29)/b4-3+. The number of hydrogen-bond acceptors (Lipinski definition) is 5. The van der Waals surface area contributed by atoms with Crippen LogP contribution in [0.3, 0.4) is 0 Å². The van der Waals surface area contributed by atoms with Gasteiger partial charge in [-0.15, -0.1) is 11.3 Å². The van der Waals surface area contributed by atoms with Gasteiger partial charge in [0.2, 0.25) is 0 Å². The Labute approximate surface area is 178 Å². The molecule has 4 rings (SSSR count). The van der Waals surface area contributed by atoms with Crippen molar-refractivity contribution in [2.24, 2.45) is 0 Å². The van der Waals surface area contributed by atoms with E-state index >= 15 is 0 Å². The number of pyridine rings is 3. The first-order valence-electron chi connectivity index (χ1n) is 9.37. The molecule has 0 spiro atoms. The van der Waals surface area contributed by atoms with E-state index < -0.39 is 5.97 Å². The molecule has 0 saturated carbocycles. The Bertz CT molecular complexity index is 1260. The van der Waals surface area contributed by atoms with Gasteiger partial charge in [-0.3, -0.25) is 9.97 Å². The fourth-order valence-electron chi connectivity index (χ4n) is 3.03. The molecule has 1 N–H and O–H groups in total. The van der Waals surface area contributed by atoms with Crippen LogP contribution in [0.25, 0.3) is 34.9 Å². The summed E-state index contributed by atoms with van der Waals surface area (Å²) in [6.07, 6.45) is 7.39. The van der Waals surface area contributed by atoms with Crippen LogP contribution in [0.2, 0.25) is 0 Å². The second-order valence-electron chi connectivity index (χ2n) is 6.95. The third-order valence-corrected chi connectivity index (χ3v) is 5.51. The molecule has 0 aromatic carbocycles. The summed E-state index contributed by atoms with van der Waals surface area (Å²) in [5, 5.41) is 9.05. The number of hydrogen-bond donors (Lipinski definition) is 1. The minimum Gasteiger partial charge on any atom is -0.477 e. The third kappa shape index (κ3) is 4.50. The van der Waals surface area contributed by atoms with Gasteiger partial charge in [0, 0.05) is 17.3 Å². The van der Waals surface area contributed by atoms with Gasteiger partial charge in [0.15, 0.2) is 0 Å². The van der Waals surface area contributed by atoms with Crippen LogP contribution in [0.5, 0.6) is 0 Å². The van der Waals surface area contributed by atoms with Crippen LogP contribution in [0, 0.1) is 13.8 Å². The maximum atomic E-state index is 11.0. The lowest BCUT2D eigenvalue weighted by atomic mass is 10.1. The van der Waals surface area contributed by atoms with Crippen molar-refractivity contribution in [2.45, 2.75) is 13.8 Å². The van der Waals surface area contributed by atoms with Crippen LogP contribution in [0.1, 0.15) is 31.2 Å². The van der Waals surface area contributed by atoms with Crippen molar-refractivity contribution in [1.82, 2.24) is 15.0 Å². The second kappa shape index (κ2) is 8.39. The lowest BCUT2D eigenvalue weighted by Crippen LogP contribution is -1.94. The van der Waals surface area contributed by atoms with E-state index in [4.69, 9.17) is 10.1 Å². The average molecular weight is 414 g/mol. The lowest BCUT2D eigenvalue weighted by molar-refractivity contribution is 0.0702. The maximum Gasteiger partial charge on any atom is 0.345 e. The molecule has 0 unspecified atom stereocenters. The molecule has 0 radical (unpaired) electrons. The smallest absolute Gasteiger partial charge is 0.345 e. The fraction of sp³-hybridized carbons (Fsp3) is 0.0833. The largest absolute Gasteiger partial charge is 0.477 e. The van der Waals surface area contributed by atoms with Gasteiger partial charge in [0.1, 0.15) is 4.88 Å². The van der Waals surface area contributed by atoms with Gasteiger partial charge in [-0.05, 0) is 85.1 Å². The van der Waals surface area contributed by atoms with E-state index in [2.05, 4.69) is 9.97 Å². The quantitative estimate of drug-likeness (QED) is 0.451. The number of nitrogens with zero attached hydrogens (tertiary/aromatic N) is 3. The van der Waals surface area contributed by atoms with Gasteiger partial charge < -0.3 is 5.11 Å². The topological polar surface area (TPSA) is 76.0 Å². The Morgan fingerprint density at radius 3 is 2.17 bits per heavy atom. The summed E-state index contributed by atoms with van der Waals surface area (Å²) in [7, 11) is 0. The number of rotatable bonds is 5. The summed E-state index contributed by atoms with van der Waals surface area (Å²) in [6, 6.07) is 15.3. The molecule has 0 fully saturated rings. The van der Waals surface area contributed by atoms with Crippen molar-refractivity contribution >= 4 is 29.5 Å². The van der Waals surface area contributed by atoms with Crippen molar-refractivity contribution < 1.29 is 9.90 Å². The first-order valence-corrected chi connectivity index (χ1v) is 10.2. The Balaban J connectivity index is 1.65. The first-order chi connectivity index (χ1) is 14.5. The Hall–Kier alpha value is -3.64. The third-order valence-electron chi connectivity index (χ3n) is 4.47. The molecule has 0 saturated heterocycles. The summed E-state index contributed by atoms with van der Waals surface area (Å²) in [4.78, 5) is 26.0. The van der Waals surface area contributed by atoms with Crippen molar-refractivity contribution in [3.8, 4) is 22.8 Å². The van der Waals surface area contributed by atoms with E-state index in [1.807, 2.05) is 62.4 Å². The minimum atomic E-state index is -0.907. The fourth-order valence-corrected chi connectivity index (χ4v) is 3.78. The predicted molar refractivity (Wildman–Crippen MR) is 120 cm³/mol. The summed E-state index contributed by atoms with van der Waals surface area (Å²) < 4.78 is 0. The summed E-state index contributed by atoms with van der Waals surface area (Å²) in [5.74, 6) is -0.907. The lowest BCUT2D eigenvalue weighted by Gasteiger charge is -2.07. The minimum absolute atomic E-state index is 0.325. The van der Waals surface area contributed by atoms with Gasteiger partial charge >= 0.3 is 5.97 Å². The average Bonchev–Trinajstić information content (AvgIpc) is 3.22. The van der Waals surface area contributed by atoms with Crippen LogP contribution in [-0.4, -0.2) is 26.0 Å². The molecular weight excluding hydrogens is 394 g/mol. The van der Waals surface area contributed by atoms with Crippen molar-refractivity contribution in [3.05, 3.63) is 87.4 Å². The highest BCUT2D eigenvalue weighted by Crippen LogP contribution is 2.24. The number of carboxylic acids is 1. The molecule has 4 heterocycles. The summed E-state index contributed by atoms with van der Waals surface area (Å²) in [6.45, 7) is 4.07. The number of aromatic nitrogens is 3. The summed E-state index contributed by atoms with van der Waals surface area (Å²) >= 11 is 1.24. The van der Waals surface area contributed by atoms with E-state index in [0.717, 1.165) is 44.3 Å². The zero-order chi connectivity index (χ0) is 21.1. The monoisotopic (exact) mass is 413 g/mol. The molecular formula is C24H19N3O2S. The van der Waals surface area contributed by atoms with E-state index in [1.165, 1.54) is 11.3 Å². The van der Waals surface area contributed by atoms with Crippen LogP contribution in [0.15, 0.2) is 60.9 Å². The van der Waals surface area contributed by atoms with Crippen LogP contribution in [-0.2, 0) is 0 Å². The van der Waals surface area contributed by atoms with Crippen LogP contribution >= 0.6 is 11.3 Å². The zero-order valence-electron chi connectivity index (χ0n) is 16.5. The first kappa shape index (κ1) is 19.7. The van der Waals surface area contributed by atoms with Gasteiger partial charge in [-0.1, -0.05) is 6.08 Å². The highest BCUT2D eigenvalue weighted by Gasteiger charge is 2.09. The Morgan fingerprint density at radius 2 is 1.50 bits per heavy atom. The van der Waals surface area contributed by atoms with Crippen molar-refractivity contribution in [2.75, 3.05) is 0 Å². The molecule has 30 heavy (non-hydrogen) atoms. The summed E-state index contributed by atoms with van der Waals surface area (Å²) in [5.41, 5.74) is 6.39. The molecule has 0 aliphatic carbocycles. The normalized spacial score (nSPS) is 11.1. The number of aromatic carboxylic acids is 1. The molecule has 0 aliphatic heterocycles. The predicted octanol–water partition coefficient (Wildman–Crippen LogP) is 5.75. The second-order valence-corrected chi connectivity index (χ2v) is 8.06. The number of carbonyl (C=O) groups is 1. The zero-order valence-corrected chi connectivity index (χ0v) is 17.4. The highest BCUT2D eigenvalue weighted by atomic mass is 32.1. The molecule has 6 heteroatoms. The van der Waals surface area contributed by atoms with E-state index in [0.29, 0.717) is 4.88 Å². The van der Waals surface area contributed by atoms with E-state index in [-0.39, 0.29) is 0 Å². The number of thiophene rings is 1.